The van der Waals surface area contributed by atoms with Crippen LogP contribution in [0.1, 0.15) is 29.5 Å². The number of nitrogens with zero attached hydrogens (tertiary/aromatic N) is 2. The zero-order valence-corrected chi connectivity index (χ0v) is 17.8. The highest BCUT2D eigenvalue weighted by molar-refractivity contribution is 5.85. The number of unbranched alkanes of at least 4 members (excludes halogenated alkanes) is 1. The Bertz CT molecular complexity index is 1050. The molecule has 9 heteroatoms. The molecule has 166 valence electrons. The monoisotopic (exact) mass is 437 g/mol. The minimum atomic E-state index is -0.637. The smallest absolute Gasteiger partial charge is 0.411 e. The van der Waals surface area contributed by atoms with Gasteiger partial charge in [0.25, 0.3) is 6.26 Å². The zero-order valence-electron chi connectivity index (χ0n) is 17.8. The van der Waals surface area contributed by atoms with Crippen molar-refractivity contribution in [1.29, 1.82) is 5.26 Å². The molecule has 0 aliphatic rings. The van der Waals surface area contributed by atoms with Crippen molar-refractivity contribution in [2.45, 2.75) is 33.1 Å². The van der Waals surface area contributed by atoms with Crippen molar-refractivity contribution >= 4 is 29.5 Å². The fourth-order valence-corrected chi connectivity index (χ4v) is 2.70. The average molecular weight is 437 g/mol. The third-order valence-electron chi connectivity index (χ3n) is 4.41. The maximum absolute atomic E-state index is 12.0. The summed E-state index contributed by atoms with van der Waals surface area (Å²) in [6.45, 7) is 3.94. The zero-order chi connectivity index (χ0) is 23.3. The van der Waals surface area contributed by atoms with Crippen molar-refractivity contribution in [2.75, 3.05) is 18.5 Å². The van der Waals surface area contributed by atoms with Gasteiger partial charge in [0.05, 0.1) is 25.3 Å². The number of esters is 1. The Hall–Kier alpha value is -4.15. The summed E-state index contributed by atoms with van der Waals surface area (Å²) in [5, 5.41) is 11.2. The van der Waals surface area contributed by atoms with E-state index in [1.165, 1.54) is 12.1 Å². The van der Waals surface area contributed by atoms with Crippen LogP contribution in [0.3, 0.4) is 0 Å². The molecule has 0 aliphatic heterocycles. The fraction of sp³-hybridized carbons (Fsp3) is 0.304. The number of amides is 1. The highest BCUT2D eigenvalue weighted by Crippen LogP contribution is 2.22. The third-order valence-corrected chi connectivity index (χ3v) is 4.41. The number of aryl methyl sites for hydroxylation is 2. The number of carbonyl (C=O) groups is 2. The molecule has 0 unspecified atom stereocenters. The van der Waals surface area contributed by atoms with Gasteiger partial charge in [0, 0.05) is 11.8 Å². The molecule has 2 rings (SSSR count). The molecule has 2 aromatic rings. The maximum atomic E-state index is 12.0. The minimum absolute atomic E-state index is 0.0641. The standard InChI is InChI=1S/C23H23N3O6/c1-16-5-7-18(11-20(16)25-15-27)12-22(28)30-9-3-4-10-31-23(29)26-19-8-6-17(2)21(13-19)32-14-24/h5-8,11,13H,3-4,9-10,12H2,1-2H3,(H,26,29). The van der Waals surface area contributed by atoms with Crippen LogP contribution in [-0.4, -0.2) is 31.4 Å². The van der Waals surface area contributed by atoms with Gasteiger partial charge >= 0.3 is 12.1 Å². The van der Waals surface area contributed by atoms with E-state index in [1.54, 1.807) is 43.5 Å². The highest BCUT2D eigenvalue weighted by Gasteiger charge is 2.09. The number of hydrogen-bond acceptors (Lipinski definition) is 8. The van der Waals surface area contributed by atoms with Crippen molar-refractivity contribution < 1.29 is 28.6 Å². The van der Waals surface area contributed by atoms with Crippen LogP contribution in [-0.2, 0) is 25.5 Å². The molecule has 0 aromatic heterocycles. The molecular weight excluding hydrogens is 414 g/mol. The van der Waals surface area contributed by atoms with Crippen LogP contribution in [0.25, 0.3) is 0 Å². The normalized spacial score (nSPS) is 9.78. The van der Waals surface area contributed by atoms with E-state index in [1.807, 2.05) is 6.92 Å². The van der Waals surface area contributed by atoms with E-state index in [0.29, 0.717) is 35.5 Å². The second-order valence-corrected chi connectivity index (χ2v) is 6.86. The number of ether oxygens (including phenoxy) is 3. The third kappa shape index (κ3) is 7.94. The van der Waals surface area contributed by atoms with E-state index in [2.05, 4.69) is 10.3 Å². The van der Waals surface area contributed by atoms with Crippen LogP contribution in [0.15, 0.2) is 41.4 Å². The van der Waals surface area contributed by atoms with E-state index >= 15 is 0 Å². The lowest BCUT2D eigenvalue weighted by Gasteiger charge is -2.09. The summed E-state index contributed by atoms with van der Waals surface area (Å²) in [6, 6.07) is 10.1. The van der Waals surface area contributed by atoms with Crippen LogP contribution >= 0.6 is 0 Å². The summed E-state index contributed by atoms with van der Waals surface area (Å²) < 4.78 is 15.1. The number of anilines is 1. The van der Waals surface area contributed by atoms with E-state index in [4.69, 9.17) is 19.5 Å². The Morgan fingerprint density at radius 2 is 1.75 bits per heavy atom. The van der Waals surface area contributed by atoms with Crippen LogP contribution in [0.4, 0.5) is 16.2 Å². The molecule has 0 fully saturated rings. The Morgan fingerprint density at radius 3 is 2.47 bits per heavy atom. The van der Waals surface area contributed by atoms with E-state index in [0.717, 1.165) is 11.1 Å². The average Bonchev–Trinajstić information content (AvgIpc) is 2.75. The van der Waals surface area contributed by atoms with Crippen molar-refractivity contribution in [1.82, 2.24) is 0 Å². The molecule has 32 heavy (non-hydrogen) atoms. The molecule has 9 nitrogen and oxygen atoms in total. The van der Waals surface area contributed by atoms with Gasteiger partial charge in [-0.15, -0.1) is 5.26 Å². The summed E-state index contributed by atoms with van der Waals surface area (Å²) in [6.07, 6.45) is 3.55. The molecule has 0 bridgehead atoms. The summed E-state index contributed by atoms with van der Waals surface area (Å²) in [5.41, 5.74) is 3.18. The predicted molar refractivity (Wildman–Crippen MR) is 115 cm³/mol. The molecule has 0 saturated carbocycles. The topological polar surface area (TPSA) is 127 Å². The number of benzene rings is 2. The second-order valence-electron chi connectivity index (χ2n) is 6.86. The van der Waals surface area contributed by atoms with Gasteiger partial charge < -0.3 is 14.2 Å². The lowest BCUT2D eigenvalue weighted by molar-refractivity contribution is -0.143. The van der Waals surface area contributed by atoms with Gasteiger partial charge in [-0.1, -0.05) is 18.2 Å². The molecule has 0 saturated heterocycles. The number of nitriles is 1. The molecule has 1 N–H and O–H groups in total. The van der Waals surface area contributed by atoms with Gasteiger partial charge in [0.15, 0.2) is 0 Å². The first-order valence-electron chi connectivity index (χ1n) is 9.86. The van der Waals surface area contributed by atoms with Gasteiger partial charge in [0.2, 0.25) is 6.08 Å². The molecule has 0 aliphatic carbocycles. The highest BCUT2D eigenvalue weighted by atomic mass is 16.5. The first kappa shape index (κ1) is 24.1. The number of hydrogen-bond donors (Lipinski definition) is 1. The van der Waals surface area contributed by atoms with Crippen LogP contribution in [0, 0.1) is 25.4 Å². The predicted octanol–water partition coefficient (Wildman–Crippen LogP) is 4.25. The summed E-state index contributed by atoms with van der Waals surface area (Å²) in [5.74, 6) is -0.0475. The van der Waals surface area contributed by atoms with E-state index in [-0.39, 0.29) is 19.6 Å². The van der Waals surface area contributed by atoms with Gasteiger partial charge in [-0.3, -0.25) is 10.1 Å². The van der Waals surface area contributed by atoms with Crippen molar-refractivity contribution in [2.24, 2.45) is 4.99 Å². The van der Waals surface area contributed by atoms with Crippen molar-refractivity contribution in [3.05, 3.63) is 53.1 Å². The summed E-state index contributed by atoms with van der Waals surface area (Å²) >= 11 is 0. The van der Waals surface area contributed by atoms with Crippen molar-refractivity contribution in [3.8, 4) is 12.0 Å². The number of carbonyl (C=O) groups excluding carboxylic acids is 3. The molecule has 0 heterocycles. The minimum Gasteiger partial charge on any atom is -0.465 e. The van der Waals surface area contributed by atoms with Crippen LogP contribution in [0.5, 0.6) is 5.75 Å². The van der Waals surface area contributed by atoms with Crippen LogP contribution in [0.2, 0.25) is 0 Å². The molecular formula is C23H23N3O6. The van der Waals surface area contributed by atoms with Gasteiger partial charge in [0.1, 0.15) is 5.75 Å². The largest absolute Gasteiger partial charge is 0.465 e. The van der Waals surface area contributed by atoms with Gasteiger partial charge in [-0.2, -0.15) is 4.99 Å². The summed E-state index contributed by atoms with van der Waals surface area (Å²) in [4.78, 5) is 37.8. The van der Waals surface area contributed by atoms with Gasteiger partial charge in [-0.05, 0) is 55.5 Å². The number of aliphatic imine (C=N–C) groups is 1. The molecule has 0 atom stereocenters. The van der Waals surface area contributed by atoms with E-state index < -0.39 is 12.1 Å². The quantitative estimate of drug-likeness (QED) is 0.194. The molecule has 2 aromatic carbocycles. The van der Waals surface area contributed by atoms with E-state index in [9.17, 15) is 14.4 Å². The number of rotatable bonds is 10. The Kier molecular flexibility index (Phi) is 9.44. The molecule has 0 spiro atoms. The maximum Gasteiger partial charge on any atom is 0.411 e. The fourth-order valence-electron chi connectivity index (χ4n) is 2.70. The molecule has 0 radical (unpaired) electrons. The Balaban J connectivity index is 1.65. The first-order chi connectivity index (χ1) is 15.4. The number of nitrogens with one attached hydrogen (secondary N) is 1. The lowest BCUT2D eigenvalue weighted by Crippen LogP contribution is -2.15. The van der Waals surface area contributed by atoms with Gasteiger partial charge in [-0.25, -0.2) is 9.59 Å². The first-order valence-corrected chi connectivity index (χ1v) is 9.86. The lowest BCUT2D eigenvalue weighted by atomic mass is 10.1. The van der Waals surface area contributed by atoms with Crippen molar-refractivity contribution in [3.63, 3.8) is 0 Å². The number of isocyanates is 1. The SMILES string of the molecule is Cc1ccc(CC(=O)OCCCCOC(=O)Nc2ccc(C)c(OC#N)c2)cc1N=C=O. The summed E-state index contributed by atoms with van der Waals surface area (Å²) in [7, 11) is 0. The Morgan fingerprint density at radius 1 is 1.03 bits per heavy atom. The molecule has 1 amide bonds. The van der Waals surface area contributed by atoms with Crippen LogP contribution < -0.4 is 10.1 Å². The Labute approximate surface area is 185 Å². The second kappa shape index (κ2) is 12.5.